The zero-order valence-electron chi connectivity index (χ0n) is 11.6. The highest BCUT2D eigenvalue weighted by Gasteiger charge is 2.09. The van der Waals surface area contributed by atoms with Crippen LogP contribution in [0.5, 0.6) is 0 Å². The summed E-state index contributed by atoms with van der Waals surface area (Å²) in [5.74, 6) is 0. The summed E-state index contributed by atoms with van der Waals surface area (Å²) in [5.41, 5.74) is 2.78. The van der Waals surface area contributed by atoms with Gasteiger partial charge in [-0.2, -0.15) is 0 Å². The Bertz CT molecular complexity index is 599. The fraction of sp³-hybridized carbons (Fsp3) is 0.188. The van der Waals surface area contributed by atoms with E-state index >= 15 is 0 Å². The molecule has 2 aromatic rings. The normalized spacial score (nSPS) is 10.2. The maximum absolute atomic E-state index is 12.1. The summed E-state index contributed by atoms with van der Waals surface area (Å²) in [7, 11) is 1.76. The summed E-state index contributed by atoms with van der Waals surface area (Å²) in [4.78, 5) is 13.7. The van der Waals surface area contributed by atoms with Crippen LogP contribution in [-0.4, -0.2) is 18.0 Å². The third kappa shape index (κ3) is 3.75. The molecule has 0 bridgehead atoms. The van der Waals surface area contributed by atoms with Gasteiger partial charge in [0.2, 0.25) is 0 Å². The second-order valence-electron chi connectivity index (χ2n) is 4.74. The van der Waals surface area contributed by atoms with E-state index in [1.807, 2.05) is 49.4 Å². The Balaban J connectivity index is 1.99. The summed E-state index contributed by atoms with van der Waals surface area (Å²) in [5, 5.41) is 3.48. The van der Waals surface area contributed by atoms with E-state index in [9.17, 15) is 4.79 Å². The first-order valence-electron chi connectivity index (χ1n) is 6.38. The van der Waals surface area contributed by atoms with Gasteiger partial charge in [0.1, 0.15) is 0 Å². The van der Waals surface area contributed by atoms with Crippen molar-refractivity contribution in [1.82, 2.24) is 4.90 Å². The molecule has 20 heavy (non-hydrogen) atoms. The highest BCUT2D eigenvalue weighted by molar-refractivity contribution is 6.31. The van der Waals surface area contributed by atoms with Crippen LogP contribution in [0.2, 0.25) is 5.02 Å². The van der Waals surface area contributed by atoms with Gasteiger partial charge in [-0.15, -0.1) is 0 Å². The van der Waals surface area contributed by atoms with Gasteiger partial charge in [-0.25, -0.2) is 4.79 Å². The molecule has 0 aliphatic rings. The monoisotopic (exact) mass is 288 g/mol. The van der Waals surface area contributed by atoms with Gasteiger partial charge in [0.15, 0.2) is 0 Å². The Hall–Kier alpha value is -2.00. The van der Waals surface area contributed by atoms with Crippen LogP contribution < -0.4 is 5.32 Å². The van der Waals surface area contributed by atoms with Gasteiger partial charge in [0, 0.05) is 24.3 Å². The Labute approximate surface area is 124 Å². The molecule has 0 spiro atoms. The number of rotatable bonds is 3. The third-order valence-electron chi connectivity index (χ3n) is 3.03. The fourth-order valence-corrected chi connectivity index (χ4v) is 2.00. The number of carbonyl (C=O) groups excluding carboxylic acids is 1. The van der Waals surface area contributed by atoms with Gasteiger partial charge >= 0.3 is 6.03 Å². The van der Waals surface area contributed by atoms with E-state index in [2.05, 4.69) is 5.32 Å². The second-order valence-corrected chi connectivity index (χ2v) is 5.14. The lowest BCUT2D eigenvalue weighted by molar-refractivity contribution is 0.220. The van der Waals surface area contributed by atoms with E-state index in [1.54, 1.807) is 18.0 Å². The minimum atomic E-state index is -0.159. The predicted molar refractivity (Wildman–Crippen MR) is 83.1 cm³/mol. The number of amides is 2. The lowest BCUT2D eigenvalue weighted by Crippen LogP contribution is -2.30. The predicted octanol–water partition coefficient (Wildman–Crippen LogP) is 4.31. The first-order chi connectivity index (χ1) is 9.56. The number of nitrogens with zero attached hydrogens (tertiary/aromatic N) is 1. The molecule has 0 aliphatic carbocycles. The SMILES string of the molecule is Cc1ccc(NC(=O)N(C)Cc2ccccc2)cc1Cl. The summed E-state index contributed by atoms with van der Waals surface area (Å²) in [6.45, 7) is 2.49. The molecule has 0 saturated heterocycles. The maximum Gasteiger partial charge on any atom is 0.321 e. The summed E-state index contributed by atoms with van der Waals surface area (Å²) in [6.07, 6.45) is 0. The van der Waals surface area contributed by atoms with Crippen molar-refractivity contribution in [2.45, 2.75) is 13.5 Å². The van der Waals surface area contributed by atoms with Crippen molar-refractivity contribution in [1.29, 1.82) is 0 Å². The Morgan fingerprint density at radius 2 is 1.90 bits per heavy atom. The number of aryl methyl sites for hydroxylation is 1. The zero-order valence-corrected chi connectivity index (χ0v) is 12.3. The third-order valence-corrected chi connectivity index (χ3v) is 3.44. The van der Waals surface area contributed by atoms with Gasteiger partial charge in [-0.1, -0.05) is 48.0 Å². The van der Waals surface area contributed by atoms with Crippen molar-refractivity contribution < 1.29 is 4.79 Å². The first kappa shape index (κ1) is 14.4. The molecule has 0 radical (unpaired) electrons. The maximum atomic E-state index is 12.1. The number of hydrogen-bond donors (Lipinski definition) is 1. The molecule has 0 aromatic heterocycles. The van der Waals surface area contributed by atoms with Crippen LogP contribution in [0, 0.1) is 6.92 Å². The van der Waals surface area contributed by atoms with Crippen molar-refractivity contribution in [3.05, 3.63) is 64.7 Å². The number of anilines is 1. The Morgan fingerprint density at radius 3 is 2.55 bits per heavy atom. The van der Waals surface area contributed by atoms with E-state index in [0.717, 1.165) is 11.1 Å². The number of urea groups is 1. The standard InChI is InChI=1S/C16H17ClN2O/c1-12-8-9-14(10-15(12)17)18-16(20)19(2)11-13-6-4-3-5-7-13/h3-10H,11H2,1-2H3,(H,18,20). The number of hydrogen-bond acceptors (Lipinski definition) is 1. The molecule has 0 unspecified atom stereocenters. The molecule has 1 N–H and O–H groups in total. The van der Waals surface area contributed by atoms with Crippen LogP contribution in [0.25, 0.3) is 0 Å². The van der Waals surface area contributed by atoms with Crippen LogP contribution >= 0.6 is 11.6 Å². The van der Waals surface area contributed by atoms with Gasteiger partial charge in [-0.3, -0.25) is 0 Å². The van der Waals surface area contributed by atoms with Crippen LogP contribution in [0.15, 0.2) is 48.5 Å². The number of carbonyl (C=O) groups is 1. The number of benzene rings is 2. The van der Waals surface area contributed by atoms with Crippen molar-refractivity contribution in [3.8, 4) is 0 Å². The average Bonchev–Trinajstić information content (AvgIpc) is 2.44. The van der Waals surface area contributed by atoms with Crippen molar-refractivity contribution in [3.63, 3.8) is 0 Å². The van der Waals surface area contributed by atoms with Crippen LogP contribution in [0.1, 0.15) is 11.1 Å². The topological polar surface area (TPSA) is 32.3 Å². The minimum Gasteiger partial charge on any atom is -0.323 e. The van der Waals surface area contributed by atoms with Crippen molar-refractivity contribution in [2.75, 3.05) is 12.4 Å². The van der Waals surface area contributed by atoms with Crippen molar-refractivity contribution >= 4 is 23.3 Å². The molecule has 3 nitrogen and oxygen atoms in total. The van der Waals surface area contributed by atoms with Crippen molar-refractivity contribution in [2.24, 2.45) is 0 Å². The molecule has 104 valence electrons. The molecule has 2 aromatic carbocycles. The van der Waals surface area contributed by atoms with E-state index in [4.69, 9.17) is 11.6 Å². The Kier molecular flexibility index (Phi) is 4.64. The lowest BCUT2D eigenvalue weighted by atomic mass is 10.2. The molecular weight excluding hydrogens is 272 g/mol. The zero-order chi connectivity index (χ0) is 14.5. The van der Waals surface area contributed by atoms with Gasteiger partial charge < -0.3 is 10.2 Å². The first-order valence-corrected chi connectivity index (χ1v) is 6.76. The van der Waals surface area contributed by atoms with Gasteiger partial charge in [0.25, 0.3) is 0 Å². The number of nitrogens with one attached hydrogen (secondary N) is 1. The molecule has 2 amide bonds. The highest BCUT2D eigenvalue weighted by Crippen LogP contribution is 2.20. The lowest BCUT2D eigenvalue weighted by Gasteiger charge is -2.18. The summed E-state index contributed by atoms with van der Waals surface area (Å²) < 4.78 is 0. The smallest absolute Gasteiger partial charge is 0.321 e. The van der Waals surface area contributed by atoms with E-state index in [0.29, 0.717) is 17.3 Å². The molecule has 4 heteroatoms. The van der Waals surface area contributed by atoms with Crippen LogP contribution in [-0.2, 0) is 6.54 Å². The minimum absolute atomic E-state index is 0.159. The van der Waals surface area contributed by atoms with E-state index in [-0.39, 0.29) is 6.03 Å². The highest BCUT2D eigenvalue weighted by atomic mass is 35.5. The Morgan fingerprint density at radius 1 is 1.20 bits per heavy atom. The molecule has 0 atom stereocenters. The average molecular weight is 289 g/mol. The molecule has 0 aliphatic heterocycles. The molecular formula is C16H17ClN2O. The summed E-state index contributed by atoms with van der Waals surface area (Å²) >= 11 is 6.04. The quantitative estimate of drug-likeness (QED) is 0.896. The second kappa shape index (κ2) is 6.44. The molecule has 0 fully saturated rings. The fourth-order valence-electron chi connectivity index (χ4n) is 1.82. The van der Waals surface area contributed by atoms with Crippen LogP contribution in [0.3, 0.4) is 0 Å². The summed E-state index contributed by atoms with van der Waals surface area (Å²) in [6, 6.07) is 15.2. The molecule has 0 heterocycles. The van der Waals surface area contributed by atoms with Crippen LogP contribution in [0.4, 0.5) is 10.5 Å². The van der Waals surface area contributed by atoms with Gasteiger partial charge in [-0.05, 0) is 30.2 Å². The van der Waals surface area contributed by atoms with E-state index in [1.165, 1.54) is 0 Å². The number of halogens is 1. The van der Waals surface area contributed by atoms with E-state index < -0.39 is 0 Å². The molecule has 2 rings (SSSR count). The molecule has 0 saturated carbocycles. The van der Waals surface area contributed by atoms with Gasteiger partial charge in [0.05, 0.1) is 0 Å². The largest absolute Gasteiger partial charge is 0.323 e.